The molecule has 0 aliphatic heterocycles. The van der Waals surface area contributed by atoms with Crippen LogP contribution in [0.4, 0.5) is 4.39 Å². The van der Waals surface area contributed by atoms with Crippen LogP contribution in [0, 0.1) is 5.82 Å². The van der Waals surface area contributed by atoms with E-state index in [1.807, 2.05) is 13.0 Å². The summed E-state index contributed by atoms with van der Waals surface area (Å²) in [6, 6.07) is 10.3. The van der Waals surface area contributed by atoms with Gasteiger partial charge in [0, 0.05) is 17.5 Å². The molecule has 0 saturated heterocycles. The molecule has 4 nitrogen and oxygen atoms in total. The number of benzene rings is 1. The fraction of sp³-hybridized carbons (Fsp3) is 0.353. The summed E-state index contributed by atoms with van der Waals surface area (Å²) in [6.07, 6.45) is 1.56. The minimum absolute atomic E-state index is 0. The molecule has 1 unspecified atom stereocenters. The van der Waals surface area contributed by atoms with Crippen LogP contribution in [0.5, 0.6) is 5.75 Å². The van der Waals surface area contributed by atoms with E-state index < -0.39 is 0 Å². The van der Waals surface area contributed by atoms with Gasteiger partial charge in [0.2, 0.25) is 0 Å². The van der Waals surface area contributed by atoms with E-state index >= 15 is 0 Å². The highest BCUT2D eigenvalue weighted by molar-refractivity contribution is 14.0. The third kappa shape index (κ3) is 7.48. The smallest absolute Gasteiger partial charge is 0.188 e. The number of halogens is 2. The molecule has 132 valence electrons. The predicted octanol–water partition coefficient (Wildman–Crippen LogP) is 3.81. The van der Waals surface area contributed by atoms with Crippen molar-refractivity contribution in [1.29, 1.82) is 0 Å². The number of nitrogens with one attached hydrogen (secondary N) is 1. The first-order chi connectivity index (χ1) is 11.2. The van der Waals surface area contributed by atoms with Crippen LogP contribution in [-0.4, -0.2) is 25.2 Å². The summed E-state index contributed by atoms with van der Waals surface area (Å²) in [4.78, 5) is 5.61. The Morgan fingerprint density at radius 3 is 2.88 bits per heavy atom. The molecule has 0 radical (unpaired) electrons. The predicted molar refractivity (Wildman–Crippen MR) is 109 cm³/mol. The van der Waals surface area contributed by atoms with Crippen LogP contribution in [-0.2, 0) is 6.42 Å². The van der Waals surface area contributed by atoms with Crippen molar-refractivity contribution in [1.82, 2.24) is 5.32 Å². The SMILES string of the molecule is CCC(CN=C(N)NCCc1cccs1)Oc1cccc(F)c1.I. The van der Waals surface area contributed by atoms with E-state index in [2.05, 4.69) is 21.8 Å². The second kappa shape index (κ2) is 11.2. The Hall–Kier alpha value is -1.35. The van der Waals surface area contributed by atoms with E-state index in [-0.39, 0.29) is 35.9 Å². The van der Waals surface area contributed by atoms with E-state index in [9.17, 15) is 4.39 Å². The molecule has 0 aliphatic rings. The molecule has 7 heteroatoms. The lowest BCUT2D eigenvalue weighted by Gasteiger charge is -2.16. The molecule has 2 rings (SSSR count). The highest BCUT2D eigenvalue weighted by Crippen LogP contribution is 2.15. The number of aliphatic imine (C=N–C) groups is 1. The van der Waals surface area contributed by atoms with E-state index in [0.29, 0.717) is 18.3 Å². The van der Waals surface area contributed by atoms with Crippen LogP contribution < -0.4 is 15.8 Å². The summed E-state index contributed by atoms with van der Waals surface area (Å²) < 4.78 is 18.9. The van der Waals surface area contributed by atoms with Crippen molar-refractivity contribution < 1.29 is 9.13 Å². The van der Waals surface area contributed by atoms with Gasteiger partial charge in [0.25, 0.3) is 0 Å². The highest BCUT2D eigenvalue weighted by atomic mass is 127. The topological polar surface area (TPSA) is 59.6 Å². The van der Waals surface area contributed by atoms with Gasteiger partial charge in [0.1, 0.15) is 17.7 Å². The molecule has 0 saturated carbocycles. The first-order valence-electron chi connectivity index (χ1n) is 7.65. The van der Waals surface area contributed by atoms with Crippen LogP contribution in [0.25, 0.3) is 0 Å². The number of thiophene rings is 1. The summed E-state index contributed by atoms with van der Waals surface area (Å²) in [6.45, 7) is 3.18. The molecule has 0 amide bonds. The Bertz CT molecular complexity index is 622. The quantitative estimate of drug-likeness (QED) is 0.356. The molecule has 1 aromatic heterocycles. The third-order valence-electron chi connectivity index (χ3n) is 3.28. The normalized spacial score (nSPS) is 12.3. The Morgan fingerprint density at radius 2 is 2.21 bits per heavy atom. The number of guanidine groups is 1. The molecular weight excluding hydrogens is 440 g/mol. The Kier molecular flexibility index (Phi) is 9.70. The summed E-state index contributed by atoms with van der Waals surface area (Å²) >= 11 is 1.73. The average Bonchev–Trinajstić information content (AvgIpc) is 3.05. The van der Waals surface area contributed by atoms with Crippen LogP contribution in [0.1, 0.15) is 18.2 Å². The number of nitrogens with two attached hydrogens (primary N) is 1. The standard InChI is InChI=1S/C17H22FN3OS.HI/c1-2-14(22-15-6-3-5-13(18)11-15)12-21-17(19)20-9-8-16-7-4-10-23-16;/h3-7,10-11,14H,2,8-9,12H2,1H3,(H3,19,20,21);1H. The second-order valence-corrected chi connectivity index (χ2v) is 6.12. The summed E-state index contributed by atoms with van der Waals surface area (Å²) in [5.41, 5.74) is 5.86. The molecule has 0 aliphatic carbocycles. The van der Waals surface area contributed by atoms with Crippen molar-refractivity contribution in [3.63, 3.8) is 0 Å². The van der Waals surface area contributed by atoms with E-state index in [1.165, 1.54) is 17.0 Å². The maximum atomic E-state index is 13.2. The van der Waals surface area contributed by atoms with E-state index in [0.717, 1.165) is 19.4 Å². The molecular formula is C17H23FIN3OS. The highest BCUT2D eigenvalue weighted by Gasteiger charge is 2.08. The molecule has 1 aromatic carbocycles. The van der Waals surface area contributed by atoms with Crippen molar-refractivity contribution in [2.45, 2.75) is 25.9 Å². The Morgan fingerprint density at radius 1 is 1.38 bits per heavy atom. The second-order valence-electron chi connectivity index (χ2n) is 5.09. The van der Waals surface area contributed by atoms with Gasteiger partial charge in [-0.3, -0.25) is 0 Å². The first kappa shape index (κ1) is 20.7. The first-order valence-corrected chi connectivity index (χ1v) is 8.53. The van der Waals surface area contributed by atoms with Crippen molar-refractivity contribution in [2.75, 3.05) is 13.1 Å². The van der Waals surface area contributed by atoms with Gasteiger partial charge in [-0.05, 0) is 36.4 Å². The number of nitrogens with zero attached hydrogens (tertiary/aromatic N) is 1. The van der Waals surface area contributed by atoms with Gasteiger partial charge in [-0.1, -0.05) is 19.1 Å². The largest absolute Gasteiger partial charge is 0.488 e. The molecule has 3 N–H and O–H groups in total. The van der Waals surface area contributed by atoms with Crippen LogP contribution in [0.2, 0.25) is 0 Å². The Labute approximate surface area is 163 Å². The maximum absolute atomic E-state index is 13.2. The number of hydrogen-bond acceptors (Lipinski definition) is 3. The van der Waals surface area contributed by atoms with Gasteiger partial charge < -0.3 is 15.8 Å². The number of hydrogen-bond donors (Lipinski definition) is 2. The zero-order valence-corrected chi connectivity index (χ0v) is 16.7. The summed E-state index contributed by atoms with van der Waals surface area (Å²) in [5.74, 6) is 0.606. The monoisotopic (exact) mass is 463 g/mol. The average molecular weight is 463 g/mol. The van der Waals surface area contributed by atoms with Gasteiger partial charge in [-0.25, -0.2) is 9.38 Å². The summed E-state index contributed by atoms with van der Waals surface area (Å²) in [5, 5.41) is 5.15. The van der Waals surface area contributed by atoms with Gasteiger partial charge >= 0.3 is 0 Å². The van der Waals surface area contributed by atoms with Crippen molar-refractivity contribution in [3.05, 3.63) is 52.5 Å². The van der Waals surface area contributed by atoms with Crippen molar-refractivity contribution in [2.24, 2.45) is 10.7 Å². The zero-order valence-electron chi connectivity index (χ0n) is 13.6. The fourth-order valence-corrected chi connectivity index (χ4v) is 2.72. The Balaban J connectivity index is 0.00000288. The van der Waals surface area contributed by atoms with Crippen molar-refractivity contribution >= 4 is 41.3 Å². The molecule has 2 aromatic rings. The third-order valence-corrected chi connectivity index (χ3v) is 4.21. The van der Waals surface area contributed by atoms with E-state index in [1.54, 1.807) is 23.5 Å². The molecule has 0 spiro atoms. The fourth-order valence-electron chi connectivity index (χ4n) is 2.01. The molecule has 1 atom stereocenters. The lowest BCUT2D eigenvalue weighted by molar-refractivity contribution is 0.205. The minimum atomic E-state index is -0.310. The minimum Gasteiger partial charge on any atom is -0.488 e. The number of ether oxygens (including phenoxy) is 1. The van der Waals surface area contributed by atoms with Crippen molar-refractivity contribution in [3.8, 4) is 5.75 Å². The van der Waals surface area contributed by atoms with Gasteiger partial charge in [0.15, 0.2) is 5.96 Å². The van der Waals surface area contributed by atoms with Crippen LogP contribution >= 0.6 is 35.3 Å². The van der Waals surface area contributed by atoms with Gasteiger partial charge in [-0.2, -0.15) is 0 Å². The zero-order chi connectivity index (χ0) is 16.5. The molecule has 0 bridgehead atoms. The molecule has 0 fully saturated rings. The van der Waals surface area contributed by atoms with Crippen LogP contribution in [0.15, 0.2) is 46.8 Å². The lowest BCUT2D eigenvalue weighted by atomic mass is 10.2. The molecule has 1 heterocycles. The summed E-state index contributed by atoms with van der Waals surface area (Å²) in [7, 11) is 0. The number of rotatable bonds is 8. The van der Waals surface area contributed by atoms with Gasteiger partial charge in [-0.15, -0.1) is 35.3 Å². The molecule has 24 heavy (non-hydrogen) atoms. The van der Waals surface area contributed by atoms with Gasteiger partial charge in [0.05, 0.1) is 6.54 Å². The maximum Gasteiger partial charge on any atom is 0.188 e. The lowest BCUT2D eigenvalue weighted by Crippen LogP contribution is -2.34. The van der Waals surface area contributed by atoms with E-state index in [4.69, 9.17) is 10.5 Å². The van der Waals surface area contributed by atoms with Crippen LogP contribution in [0.3, 0.4) is 0 Å².